The number of nitrogens with two attached hydrogens (primary N) is 1. The Morgan fingerprint density at radius 3 is 2.75 bits per heavy atom. The van der Waals surface area contributed by atoms with Crippen LogP contribution in [0, 0.1) is 10.1 Å². The lowest BCUT2D eigenvalue weighted by molar-refractivity contribution is -0.384. The summed E-state index contributed by atoms with van der Waals surface area (Å²) in [6.07, 6.45) is 2.56. The van der Waals surface area contributed by atoms with Crippen molar-refractivity contribution in [2.75, 3.05) is 10.7 Å². The first-order chi connectivity index (χ1) is 9.63. The molecule has 1 heterocycles. The zero-order valence-corrected chi connectivity index (χ0v) is 11.7. The lowest BCUT2D eigenvalue weighted by atomic mass is 10.2. The average Bonchev–Trinajstić information content (AvgIpc) is 2.98. The fourth-order valence-corrected chi connectivity index (χ4v) is 2.60. The second-order valence-corrected chi connectivity index (χ2v) is 5.07. The Labute approximate surface area is 120 Å². The number of hydrazine groups is 1. The Morgan fingerprint density at radius 1 is 1.45 bits per heavy atom. The number of rotatable bonds is 6. The number of aromatic nitrogens is 1. The topological polar surface area (TPSA) is 106 Å². The molecule has 106 valence electrons. The van der Waals surface area contributed by atoms with Crippen molar-refractivity contribution in [1.29, 1.82) is 0 Å². The van der Waals surface area contributed by atoms with Gasteiger partial charge in [-0.1, -0.05) is 6.92 Å². The fourth-order valence-electron chi connectivity index (χ4n) is 1.83. The standard InChI is InChI=1S/C12H15N5O2S/c1-2-11(12-14-3-4-20-12)15-8-5-9(16-13)7-10(6-8)17(18)19/h3-7,11,15-16H,2,13H2,1H3. The second kappa shape index (κ2) is 6.31. The highest BCUT2D eigenvalue weighted by Crippen LogP contribution is 2.29. The van der Waals surface area contributed by atoms with Crippen molar-refractivity contribution in [2.45, 2.75) is 19.4 Å². The Balaban J connectivity index is 2.27. The number of nitrogens with zero attached hydrogens (tertiary/aromatic N) is 2. The molecular weight excluding hydrogens is 278 g/mol. The van der Waals surface area contributed by atoms with Gasteiger partial charge in [-0.15, -0.1) is 11.3 Å². The first kappa shape index (κ1) is 14.2. The van der Waals surface area contributed by atoms with Gasteiger partial charge in [0.1, 0.15) is 5.01 Å². The first-order valence-electron chi connectivity index (χ1n) is 6.06. The van der Waals surface area contributed by atoms with E-state index in [1.54, 1.807) is 23.6 Å². The van der Waals surface area contributed by atoms with E-state index in [1.165, 1.54) is 12.1 Å². The minimum absolute atomic E-state index is 0.0163. The highest BCUT2D eigenvalue weighted by molar-refractivity contribution is 7.09. The van der Waals surface area contributed by atoms with Crippen LogP contribution in [0.2, 0.25) is 0 Å². The molecule has 0 amide bonds. The summed E-state index contributed by atoms with van der Waals surface area (Å²) < 4.78 is 0. The van der Waals surface area contributed by atoms with E-state index < -0.39 is 4.92 Å². The van der Waals surface area contributed by atoms with E-state index in [0.29, 0.717) is 11.4 Å². The van der Waals surface area contributed by atoms with Crippen LogP contribution in [0.5, 0.6) is 0 Å². The number of nitro groups is 1. The number of nitrogens with one attached hydrogen (secondary N) is 2. The number of hydrogen-bond donors (Lipinski definition) is 3. The van der Waals surface area contributed by atoms with E-state index in [4.69, 9.17) is 5.84 Å². The lowest BCUT2D eigenvalue weighted by Crippen LogP contribution is -2.11. The van der Waals surface area contributed by atoms with Gasteiger partial charge in [0.05, 0.1) is 16.7 Å². The molecule has 1 aromatic heterocycles. The van der Waals surface area contributed by atoms with Gasteiger partial charge in [-0.2, -0.15) is 0 Å². The van der Waals surface area contributed by atoms with Crippen LogP contribution in [-0.2, 0) is 0 Å². The largest absolute Gasteiger partial charge is 0.376 e. The molecule has 0 fully saturated rings. The molecule has 0 saturated heterocycles. The average molecular weight is 293 g/mol. The monoisotopic (exact) mass is 293 g/mol. The van der Waals surface area contributed by atoms with Crippen molar-refractivity contribution in [3.63, 3.8) is 0 Å². The summed E-state index contributed by atoms with van der Waals surface area (Å²) in [6, 6.07) is 4.61. The summed E-state index contributed by atoms with van der Waals surface area (Å²) >= 11 is 1.55. The quantitative estimate of drug-likeness (QED) is 0.429. The molecule has 4 N–H and O–H groups in total. The molecule has 2 aromatic rings. The molecule has 0 aliphatic heterocycles. The van der Waals surface area contributed by atoms with Crippen LogP contribution < -0.4 is 16.6 Å². The van der Waals surface area contributed by atoms with Gasteiger partial charge in [0.25, 0.3) is 5.69 Å². The van der Waals surface area contributed by atoms with Gasteiger partial charge >= 0.3 is 0 Å². The summed E-state index contributed by atoms with van der Waals surface area (Å²) in [5.41, 5.74) is 3.53. The molecule has 8 heteroatoms. The number of hydrogen-bond acceptors (Lipinski definition) is 7. The molecule has 0 saturated carbocycles. The first-order valence-corrected chi connectivity index (χ1v) is 6.94. The summed E-state index contributed by atoms with van der Waals surface area (Å²) in [4.78, 5) is 14.7. The van der Waals surface area contributed by atoms with Crippen LogP contribution >= 0.6 is 11.3 Å². The Hall–Kier alpha value is -2.19. The highest BCUT2D eigenvalue weighted by atomic mass is 32.1. The number of benzene rings is 1. The van der Waals surface area contributed by atoms with Crippen LogP contribution in [0.25, 0.3) is 0 Å². The predicted molar refractivity (Wildman–Crippen MR) is 79.7 cm³/mol. The second-order valence-electron chi connectivity index (χ2n) is 4.15. The van der Waals surface area contributed by atoms with Gasteiger partial charge < -0.3 is 10.7 Å². The molecule has 0 aliphatic rings. The van der Waals surface area contributed by atoms with Crippen molar-refractivity contribution in [3.05, 3.63) is 44.9 Å². The van der Waals surface area contributed by atoms with Crippen molar-refractivity contribution in [1.82, 2.24) is 4.98 Å². The van der Waals surface area contributed by atoms with Gasteiger partial charge in [-0.25, -0.2) is 4.98 Å². The maximum atomic E-state index is 10.9. The van der Waals surface area contributed by atoms with Crippen molar-refractivity contribution in [2.24, 2.45) is 5.84 Å². The van der Waals surface area contributed by atoms with Crippen LogP contribution in [0.4, 0.5) is 17.1 Å². The van der Waals surface area contributed by atoms with Gasteiger partial charge in [0.2, 0.25) is 0 Å². The third-order valence-electron chi connectivity index (χ3n) is 2.79. The number of non-ortho nitro benzene ring substituents is 1. The van der Waals surface area contributed by atoms with E-state index in [1.807, 2.05) is 12.3 Å². The summed E-state index contributed by atoms with van der Waals surface area (Å²) in [6.45, 7) is 2.03. The van der Waals surface area contributed by atoms with Gasteiger partial charge in [-0.05, 0) is 12.5 Å². The zero-order chi connectivity index (χ0) is 14.5. The molecule has 1 unspecified atom stereocenters. The molecule has 1 aromatic carbocycles. The minimum atomic E-state index is -0.448. The molecular formula is C12H15N5O2S. The van der Waals surface area contributed by atoms with E-state index in [2.05, 4.69) is 15.7 Å². The number of nitro benzene ring substituents is 1. The van der Waals surface area contributed by atoms with Crippen LogP contribution in [0.15, 0.2) is 29.8 Å². The van der Waals surface area contributed by atoms with Crippen molar-refractivity contribution < 1.29 is 4.92 Å². The third-order valence-corrected chi connectivity index (χ3v) is 3.68. The van der Waals surface area contributed by atoms with Crippen LogP contribution in [0.3, 0.4) is 0 Å². The molecule has 2 rings (SSSR count). The number of anilines is 2. The minimum Gasteiger partial charge on any atom is -0.376 e. The molecule has 7 nitrogen and oxygen atoms in total. The van der Waals surface area contributed by atoms with Crippen molar-refractivity contribution in [3.8, 4) is 0 Å². The maximum absolute atomic E-state index is 10.9. The van der Waals surface area contributed by atoms with E-state index in [-0.39, 0.29) is 11.7 Å². The van der Waals surface area contributed by atoms with E-state index >= 15 is 0 Å². The molecule has 0 aliphatic carbocycles. The van der Waals surface area contributed by atoms with Crippen molar-refractivity contribution >= 4 is 28.4 Å². The lowest BCUT2D eigenvalue weighted by Gasteiger charge is -2.16. The predicted octanol–water partition coefficient (Wildman–Crippen LogP) is 2.90. The number of nitrogen functional groups attached to an aromatic ring is 1. The summed E-state index contributed by atoms with van der Waals surface area (Å²) in [5.74, 6) is 5.33. The third kappa shape index (κ3) is 3.22. The Kier molecular flexibility index (Phi) is 4.49. The summed E-state index contributed by atoms with van der Waals surface area (Å²) in [7, 11) is 0. The Morgan fingerprint density at radius 2 is 2.20 bits per heavy atom. The van der Waals surface area contributed by atoms with Gasteiger partial charge in [0.15, 0.2) is 0 Å². The van der Waals surface area contributed by atoms with Crippen LogP contribution in [-0.4, -0.2) is 9.91 Å². The molecule has 1 atom stereocenters. The van der Waals surface area contributed by atoms with Gasteiger partial charge in [-0.3, -0.25) is 16.0 Å². The van der Waals surface area contributed by atoms with E-state index in [0.717, 1.165) is 11.4 Å². The molecule has 0 bridgehead atoms. The summed E-state index contributed by atoms with van der Waals surface area (Å²) in [5, 5.41) is 17.0. The van der Waals surface area contributed by atoms with Gasteiger partial charge in [0, 0.05) is 29.4 Å². The molecule has 20 heavy (non-hydrogen) atoms. The SMILES string of the molecule is CCC(Nc1cc(NN)cc([N+](=O)[O-])c1)c1nccs1. The normalized spacial score (nSPS) is 11.9. The van der Waals surface area contributed by atoms with Crippen LogP contribution in [0.1, 0.15) is 24.4 Å². The maximum Gasteiger partial charge on any atom is 0.273 e. The fraction of sp³-hybridized carbons (Fsp3) is 0.250. The highest BCUT2D eigenvalue weighted by Gasteiger charge is 2.15. The Bertz CT molecular complexity index is 588. The molecule has 0 spiro atoms. The smallest absolute Gasteiger partial charge is 0.273 e. The number of thiazole rings is 1. The molecule has 0 radical (unpaired) electrons. The zero-order valence-electron chi connectivity index (χ0n) is 10.9. The van der Waals surface area contributed by atoms with E-state index in [9.17, 15) is 10.1 Å².